The number of anilines is 1. The van der Waals surface area contributed by atoms with Gasteiger partial charge in [-0.25, -0.2) is 9.97 Å². The topological polar surface area (TPSA) is 58.6 Å². The summed E-state index contributed by atoms with van der Waals surface area (Å²) in [6.07, 6.45) is 5.86. The largest absolute Gasteiger partial charge is 0.494 e. The fraction of sp³-hybridized carbons (Fsp3) is 0.423. The maximum atomic E-state index is 13.7. The van der Waals surface area contributed by atoms with Crippen LogP contribution in [0.5, 0.6) is 5.75 Å². The van der Waals surface area contributed by atoms with E-state index in [0.29, 0.717) is 12.5 Å². The number of piperazine rings is 1. The van der Waals surface area contributed by atoms with E-state index in [1.165, 1.54) is 4.88 Å². The molecule has 2 aliphatic rings. The van der Waals surface area contributed by atoms with Crippen molar-refractivity contribution in [2.75, 3.05) is 37.7 Å². The van der Waals surface area contributed by atoms with Gasteiger partial charge in [0.25, 0.3) is 0 Å². The smallest absolute Gasteiger partial charge is 0.234 e. The SMILES string of the molecule is CCOc1ccc(-c2cc(N3CCN(C(=O)C4(c5cccs5)CCCC4)CC3)ncn2)cc1. The first kappa shape index (κ1) is 21.9. The molecular formula is C26H30N4O2S. The lowest BCUT2D eigenvalue weighted by Gasteiger charge is -2.40. The second-order valence-electron chi connectivity index (χ2n) is 8.76. The third-order valence-electron chi connectivity index (χ3n) is 6.86. The second kappa shape index (κ2) is 9.51. The molecule has 2 aromatic heterocycles. The molecule has 6 nitrogen and oxygen atoms in total. The minimum atomic E-state index is -0.300. The van der Waals surface area contributed by atoms with Crippen LogP contribution in [0.3, 0.4) is 0 Å². The third-order valence-corrected chi connectivity index (χ3v) is 7.94. The van der Waals surface area contributed by atoms with Gasteiger partial charge in [0, 0.05) is 42.7 Å². The van der Waals surface area contributed by atoms with Gasteiger partial charge in [0.2, 0.25) is 5.91 Å². The zero-order chi connectivity index (χ0) is 22.7. The molecule has 0 unspecified atom stereocenters. The van der Waals surface area contributed by atoms with E-state index in [1.54, 1.807) is 17.7 Å². The van der Waals surface area contributed by atoms with Gasteiger partial charge in [-0.15, -0.1) is 11.3 Å². The van der Waals surface area contributed by atoms with E-state index >= 15 is 0 Å². The van der Waals surface area contributed by atoms with E-state index in [1.807, 2.05) is 37.3 Å². The molecule has 3 aromatic rings. The molecule has 2 fully saturated rings. The first-order valence-electron chi connectivity index (χ1n) is 11.8. The molecule has 1 saturated carbocycles. The van der Waals surface area contributed by atoms with Gasteiger partial charge in [0.15, 0.2) is 0 Å². The fourth-order valence-electron chi connectivity index (χ4n) is 5.10. The maximum absolute atomic E-state index is 13.7. The van der Waals surface area contributed by atoms with Crippen LogP contribution in [0.1, 0.15) is 37.5 Å². The number of amides is 1. The first-order valence-corrected chi connectivity index (χ1v) is 12.7. The quantitative estimate of drug-likeness (QED) is 0.528. The predicted molar refractivity (Wildman–Crippen MR) is 132 cm³/mol. The standard InChI is InChI=1S/C26H30N4O2S/c1-2-32-21-9-7-20(8-10-21)22-18-24(28-19-27-22)29-13-15-30(16-14-29)25(31)26(11-3-4-12-26)23-6-5-17-33-23/h5-10,17-19H,2-4,11-16H2,1H3. The number of hydrogen-bond donors (Lipinski definition) is 0. The molecule has 7 heteroatoms. The molecule has 0 atom stereocenters. The summed E-state index contributed by atoms with van der Waals surface area (Å²) in [5.74, 6) is 2.09. The van der Waals surface area contributed by atoms with Crippen LogP contribution < -0.4 is 9.64 Å². The average Bonchev–Trinajstić information content (AvgIpc) is 3.58. The fourth-order valence-corrected chi connectivity index (χ4v) is 6.08. The highest BCUT2D eigenvalue weighted by Crippen LogP contribution is 2.44. The number of thiophene rings is 1. The van der Waals surface area contributed by atoms with Crippen molar-refractivity contribution in [2.45, 2.75) is 38.0 Å². The van der Waals surface area contributed by atoms with Crippen LogP contribution in [-0.2, 0) is 10.2 Å². The molecule has 3 heterocycles. The highest BCUT2D eigenvalue weighted by atomic mass is 32.1. The third kappa shape index (κ3) is 4.34. The normalized spacial score (nSPS) is 17.8. The van der Waals surface area contributed by atoms with Gasteiger partial charge in [-0.05, 0) is 55.5 Å². The molecular weight excluding hydrogens is 432 g/mol. The van der Waals surface area contributed by atoms with Crippen molar-refractivity contribution in [3.05, 3.63) is 59.0 Å². The Hall–Kier alpha value is -2.93. The summed E-state index contributed by atoms with van der Waals surface area (Å²) < 4.78 is 5.54. The number of carbonyl (C=O) groups is 1. The highest BCUT2D eigenvalue weighted by Gasteiger charge is 2.46. The van der Waals surface area contributed by atoms with Crippen molar-refractivity contribution in [1.29, 1.82) is 0 Å². The van der Waals surface area contributed by atoms with Crippen molar-refractivity contribution < 1.29 is 9.53 Å². The number of hydrogen-bond acceptors (Lipinski definition) is 6. The number of benzene rings is 1. The predicted octanol–water partition coefficient (Wildman–Crippen LogP) is 4.76. The molecule has 1 aliphatic heterocycles. The highest BCUT2D eigenvalue weighted by molar-refractivity contribution is 7.10. The van der Waals surface area contributed by atoms with E-state index in [4.69, 9.17) is 4.74 Å². The first-order chi connectivity index (χ1) is 16.2. The van der Waals surface area contributed by atoms with Gasteiger partial charge < -0.3 is 14.5 Å². The Labute approximate surface area is 199 Å². The number of rotatable bonds is 6. The molecule has 1 aliphatic carbocycles. The van der Waals surface area contributed by atoms with Crippen LogP contribution in [-0.4, -0.2) is 53.6 Å². The molecule has 1 amide bonds. The van der Waals surface area contributed by atoms with Crippen LogP contribution in [0.25, 0.3) is 11.3 Å². The van der Waals surface area contributed by atoms with Crippen molar-refractivity contribution in [2.24, 2.45) is 0 Å². The second-order valence-corrected chi connectivity index (χ2v) is 9.71. The molecule has 0 spiro atoms. The van der Waals surface area contributed by atoms with Gasteiger partial charge in [-0.2, -0.15) is 0 Å². The average molecular weight is 463 g/mol. The number of carbonyl (C=O) groups excluding carboxylic acids is 1. The number of ether oxygens (including phenoxy) is 1. The molecule has 33 heavy (non-hydrogen) atoms. The Morgan fingerprint density at radius 3 is 2.48 bits per heavy atom. The van der Waals surface area contributed by atoms with Gasteiger partial charge in [0.1, 0.15) is 17.9 Å². The number of aromatic nitrogens is 2. The molecule has 0 bridgehead atoms. The summed E-state index contributed by atoms with van der Waals surface area (Å²) in [7, 11) is 0. The molecule has 0 radical (unpaired) electrons. The van der Waals surface area contributed by atoms with Gasteiger partial charge >= 0.3 is 0 Å². The lowest BCUT2D eigenvalue weighted by molar-refractivity contribution is -0.137. The van der Waals surface area contributed by atoms with Gasteiger partial charge in [-0.1, -0.05) is 18.9 Å². The molecule has 1 aromatic carbocycles. The Morgan fingerprint density at radius 2 is 1.82 bits per heavy atom. The van der Waals surface area contributed by atoms with Gasteiger partial charge in [-0.3, -0.25) is 4.79 Å². The van der Waals surface area contributed by atoms with Crippen LogP contribution in [0.15, 0.2) is 54.2 Å². The van der Waals surface area contributed by atoms with E-state index in [9.17, 15) is 4.79 Å². The van der Waals surface area contributed by atoms with E-state index in [-0.39, 0.29) is 5.41 Å². The van der Waals surface area contributed by atoms with E-state index in [2.05, 4.69) is 37.3 Å². The monoisotopic (exact) mass is 462 g/mol. The van der Waals surface area contributed by atoms with Crippen LogP contribution in [0.4, 0.5) is 5.82 Å². The molecule has 172 valence electrons. The number of nitrogens with zero attached hydrogens (tertiary/aromatic N) is 4. The Balaban J connectivity index is 1.27. The summed E-state index contributed by atoms with van der Waals surface area (Å²) in [6, 6.07) is 14.3. The minimum absolute atomic E-state index is 0.300. The summed E-state index contributed by atoms with van der Waals surface area (Å²) in [6.45, 7) is 5.66. The molecule has 5 rings (SSSR count). The lowest BCUT2D eigenvalue weighted by Crippen LogP contribution is -2.54. The van der Waals surface area contributed by atoms with Crippen molar-refractivity contribution in [1.82, 2.24) is 14.9 Å². The van der Waals surface area contributed by atoms with Gasteiger partial charge in [0.05, 0.1) is 17.7 Å². The zero-order valence-corrected chi connectivity index (χ0v) is 19.9. The van der Waals surface area contributed by atoms with Crippen LogP contribution in [0.2, 0.25) is 0 Å². The summed E-state index contributed by atoms with van der Waals surface area (Å²) in [5.41, 5.74) is 1.63. The van der Waals surface area contributed by atoms with E-state index in [0.717, 1.165) is 74.7 Å². The lowest BCUT2D eigenvalue weighted by atomic mass is 9.82. The summed E-state index contributed by atoms with van der Waals surface area (Å²) >= 11 is 1.73. The van der Waals surface area contributed by atoms with E-state index < -0.39 is 0 Å². The summed E-state index contributed by atoms with van der Waals surface area (Å²) in [4.78, 5) is 28.2. The van der Waals surface area contributed by atoms with Crippen molar-refractivity contribution >= 4 is 23.1 Å². The maximum Gasteiger partial charge on any atom is 0.234 e. The summed E-state index contributed by atoms with van der Waals surface area (Å²) in [5, 5.41) is 2.09. The Morgan fingerprint density at radius 1 is 1.06 bits per heavy atom. The van der Waals surface area contributed by atoms with Crippen molar-refractivity contribution in [3.8, 4) is 17.0 Å². The Bertz CT molecular complexity index is 1070. The molecule has 0 N–H and O–H groups in total. The van der Waals surface area contributed by atoms with Crippen molar-refractivity contribution in [3.63, 3.8) is 0 Å². The Kier molecular flexibility index (Phi) is 6.31. The van der Waals surface area contributed by atoms with Crippen LogP contribution >= 0.6 is 11.3 Å². The zero-order valence-electron chi connectivity index (χ0n) is 19.1. The van der Waals surface area contributed by atoms with Crippen LogP contribution in [0, 0.1) is 0 Å². The minimum Gasteiger partial charge on any atom is -0.494 e. The molecule has 1 saturated heterocycles.